The Labute approximate surface area is 85.2 Å². The molecule has 0 aromatic rings. The molecule has 4 heteroatoms. The van der Waals surface area contributed by atoms with E-state index in [1.54, 1.807) is 0 Å². The minimum absolute atomic E-state index is 0.126. The fourth-order valence-corrected chi connectivity index (χ4v) is 1.46. The maximum atomic E-state index is 8.42. The van der Waals surface area contributed by atoms with Gasteiger partial charge in [-0.25, -0.2) is 0 Å². The van der Waals surface area contributed by atoms with Gasteiger partial charge in [0.1, 0.15) is 0 Å². The van der Waals surface area contributed by atoms with Gasteiger partial charge in [0.15, 0.2) is 0 Å². The molecule has 0 bridgehead atoms. The molecular formula is C9H21NO2S. The zero-order valence-corrected chi connectivity index (χ0v) is 9.24. The van der Waals surface area contributed by atoms with E-state index in [4.69, 9.17) is 9.84 Å². The van der Waals surface area contributed by atoms with Crippen molar-refractivity contribution in [1.29, 1.82) is 0 Å². The summed E-state index contributed by atoms with van der Waals surface area (Å²) in [6.07, 6.45) is 1.02. The van der Waals surface area contributed by atoms with Crippen molar-refractivity contribution < 1.29 is 9.84 Å². The molecule has 0 radical (unpaired) electrons. The Morgan fingerprint density at radius 1 is 1.31 bits per heavy atom. The van der Waals surface area contributed by atoms with Crippen molar-refractivity contribution in [2.75, 3.05) is 44.4 Å². The summed E-state index contributed by atoms with van der Waals surface area (Å²) in [6, 6.07) is 0. The van der Waals surface area contributed by atoms with Crippen molar-refractivity contribution in [1.82, 2.24) is 5.32 Å². The van der Waals surface area contributed by atoms with Gasteiger partial charge in [0.2, 0.25) is 0 Å². The molecular weight excluding hydrogens is 186 g/mol. The summed E-state index contributed by atoms with van der Waals surface area (Å²) in [6.45, 7) is 5.60. The van der Waals surface area contributed by atoms with E-state index < -0.39 is 0 Å². The topological polar surface area (TPSA) is 41.5 Å². The molecule has 0 spiro atoms. The zero-order valence-electron chi connectivity index (χ0n) is 8.42. The highest BCUT2D eigenvalue weighted by atomic mass is 32.2. The molecule has 0 unspecified atom stereocenters. The first-order chi connectivity index (χ1) is 6.41. The van der Waals surface area contributed by atoms with Crippen LogP contribution in [0.15, 0.2) is 0 Å². The van der Waals surface area contributed by atoms with Crippen molar-refractivity contribution in [3.63, 3.8) is 0 Å². The molecule has 13 heavy (non-hydrogen) atoms. The minimum atomic E-state index is 0.126. The van der Waals surface area contributed by atoms with Crippen LogP contribution in [0.1, 0.15) is 13.3 Å². The average Bonchev–Trinajstić information content (AvgIpc) is 2.16. The van der Waals surface area contributed by atoms with Crippen LogP contribution in [0.2, 0.25) is 0 Å². The van der Waals surface area contributed by atoms with Crippen molar-refractivity contribution in [2.45, 2.75) is 13.3 Å². The van der Waals surface area contributed by atoms with Crippen molar-refractivity contribution in [2.24, 2.45) is 0 Å². The quantitative estimate of drug-likeness (QED) is 0.518. The maximum absolute atomic E-state index is 8.42. The Bertz CT molecular complexity index is 83.7. The molecule has 0 aliphatic heterocycles. The molecule has 0 aromatic carbocycles. The van der Waals surface area contributed by atoms with Crippen molar-refractivity contribution in [3.05, 3.63) is 0 Å². The Kier molecular flexibility index (Phi) is 12.4. The van der Waals surface area contributed by atoms with Gasteiger partial charge < -0.3 is 15.2 Å². The second kappa shape index (κ2) is 12.2. The SMILES string of the molecule is CCSCCNCCCOCCO. The lowest BCUT2D eigenvalue weighted by atomic mass is 10.4. The number of rotatable bonds is 10. The molecule has 0 aromatic heterocycles. The van der Waals surface area contributed by atoms with Gasteiger partial charge in [0, 0.05) is 18.9 Å². The second-order valence-corrected chi connectivity index (χ2v) is 4.03. The summed E-state index contributed by atoms with van der Waals surface area (Å²) in [5.74, 6) is 2.38. The molecule has 0 saturated carbocycles. The zero-order chi connectivity index (χ0) is 9.78. The molecule has 0 aliphatic rings. The molecule has 80 valence electrons. The summed E-state index contributed by atoms with van der Waals surface area (Å²) in [4.78, 5) is 0. The van der Waals surface area contributed by atoms with Crippen LogP contribution in [-0.4, -0.2) is 49.5 Å². The molecule has 0 aliphatic carbocycles. The first-order valence-corrected chi connectivity index (χ1v) is 6.04. The first kappa shape index (κ1) is 13.2. The number of aliphatic hydroxyl groups excluding tert-OH is 1. The fraction of sp³-hybridized carbons (Fsp3) is 1.00. The van der Waals surface area contributed by atoms with Gasteiger partial charge in [-0.15, -0.1) is 0 Å². The Morgan fingerprint density at radius 2 is 2.15 bits per heavy atom. The monoisotopic (exact) mass is 207 g/mol. The van der Waals surface area contributed by atoms with Crippen LogP contribution < -0.4 is 5.32 Å². The third kappa shape index (κ3) is 12.2. The molecule has 0 rings (SSSR count). The smallest absolute Gasteiger partial charge is 0.0697 e. The van der Waals surface area contributed by atoms with Gasteiger partial charge >= 0.3 is 0 Å². The van der Waals surface area contributed by atoms with Gasteiger partial charge in [0.05, 0.1) is 13.2 Å². The standard InChI is InChI=1S/C9H21NO2S/c1-2-13-9-5-10-4-3-7-12-8-6-11/h10-11H,2-9H2,1H3. The molecule has 0 amide bonds. The molecule has 3 nitrogen and oxygen atoms in total. The summed E-state index contributed by atoms with van der Waals surface area (Å²) in [7, 11) is 0. The van der Waals surface area contributed by atoms with E-state index in [-0.39, 0.29) is 6.61 Å². The summed E-state index contributed by atoms with van der Waals surface area (Å²) in [5, 5.41) is 11.8. The Morgan fingerprint density at radius 3 is 2.85 bits per heavy atom. The lowest BCUT2D eigenvalue weighted by Gasteiger charge is -2.04. The number of hydrogen-bond donors (Lipinski definition) is 2. The van der Waals surface area contributed by atoms with E-state index in [1.165, 1.54) is 11.5 Å². The van der Waals surface area contributed by atoms with E-state index in [0.717, 1.165) is 26.1 Å². The van der Waals surface area contributed by atoms with E-state index >= 15 is 0 Å². The fourth-order valence-electron chi connectivity index (χ4n) is 0.880. The second-order valence-electron chi connectivity index (χ2n) is 2.64. The predicted molar refractivity (Wildman–Crippen MR) is 58.4 cm³/mol. The third-order valence-corrected chi connectivity index (χ3v) is 2.41. The molecule has 2 N–H and O–H groups in total. The normalized spacial score (nSPS) is 10.6. The summed E-state index contributed by atoms with van der Waals surface area (Å²) >= 11 is 1.95. The Hall–Kier alpha value is 0.230. The summed E-state index contributed by atoms with van der Waals surface area (Å²) < 4.78 is 5.12. The van der Waals surface area contributed by atoms with Gasteiger partial charge in [-0.3, -0.25) is 0 Å². The van der Waals surface area contributed by atoms with Gasteiger partial charge in [-0.1, -0.05) is 6.92 Å². The van der Waals surface area contributed by atoms with Crippen LogP contribution in [0.4, 0.5) is 0 Å². The average molecular weight is 207 g/mol. The van der Waals surface area contributed by atoms with E-state index in [9.17, 15) is 0 Å². The first-order valence-electron chi connectivity index (χ1n) is 4.89. The highest BCUT2D eigenvalue weighted by Crippen LogP contribution is 1.94. The van der Waals surface area contributed by atoms with Crippen molar-refractivity contribution in [3.8, 4) is 0 Å². The highest BCUT2D eigenvalue weighted by Gasteiger charge is 1.89. The number of hydrogen-bond acceptors (Lipinski definition) is 4. The van der Waals surface area contributed by atoms with Gasteiger partial charge in [-0.05, 0) is 18.7 Å². The number of nitrogens with one attached hydrogen (secondary N) is 1. The number of ether oxygens (including phenoxy) is 1. The van der Waals surface area contributed by atoms with E-state index in [2.05, 4.69) is 12.2 Å². The summed E-state index contributed by atoms with van der Waals surface area (Å²) in [5.41, 5.74) is 0. The Balaban J connectivity index is 2.76. The number of thioether (sulfide) groups is 1. The van der Waals surface area contributed by atoms with Crippen molar-refractivity contribution >= 4 is 11.8 Å². The van der Waals surface area contributed by atoms with Crippen LogP contribution >= 0.6 is 11.8 Å². The van der Waals surface area contributed by atoms with Crippen LogP contribution in [0.25, 0.3) is 0 Å². The highest BCUT2D eigenvalue weighted by molar-refractivity contribution is 7.99. The molecule has 0 heterocycles. The van der Waals surface area contributed by atoms with Gasteiger partial charge in [-0.2, -0.15) is 11.8 Å². The minimum Gasteiger partial charge on any atom is -0.394 e. The van der Waals surface area contributed by atoms with Crippen LogP contribution in [0, 0.1) is 0 Å². The van der Waals surface area contributed by atoms with Crippen LogP contribution in [-0.2, 0) is 4.74 Å². The lowest BCUT2D eigenvalue weighted by molar-refractivity contribution is 0.0908. The van der Waals surface area contributed by atoms with E-state index in [1.807, 2.05) is 11.8 Å². The molecule has 0 saturated heterocycles. The van der Waals surface area contributed by atoms with Gasteiger partial charge in [0.25, 0.3) is 0 Å². The third-order valence-electron chi connectivity index (χ3n) is 1.51. The lowest BCUT2D eigenvalue weighted by Crippen LogP contribution is -2.20. The van der Waals surface area contributed by atoms with E-state index in [0.29, 0.717) is 6.61 Å². The number of aliphatic hydroxyl groups is 1. The van der Waals surface area contributed by atoms with Crippen LogP contribution in [0.3, 0.4) is 0 Å². The van der Waals surface area contributed by atoms with Crippen LogP contribution in [0.5, 0.6) is 0 Å². The largest absolute Gasteiger partial charge is 0.394 e. The predicted octanol–water partition coefficient (Wildman–Crippen LogP) is 0.728. The maximum Gasteiger partial charge on any atom is 0.0697 e. The molecule has 0 fully saturated rings. The molecule has 0 atom stereocenters.